The van der Waals surface area contributed by atoms with Crippen LogP contribution in [0.25, 0.3) is 0 Å². The summed E-state index contributed by atoms with van der Waals surface area (Å²) in [5.74, 6) is 1.48. The van der Waals surface area contributed by atoms with E-state index in [4.69, 9.17) is 15.2 Å². The third-order valence-electron chi connectivity index (χ3n) is 3.47. The maximum absolute atomic E-state index is 10.9. The molecule has 5 nitrogen and oxygen atoms in total. The topological polar surface area (TPSA) is 74.4 Å². The van der Waals surface area contributed by atoms with Crippen molar-refractivity contribution in [3.05, 3.63) is 84.1 Å². The lowest BCUT2D eigenvalue weighted by molar-refractivity contribution is -0.117. The maximum Gasteiger partial charge on any atom is 0.221 e. The molecular weight excluding hydrogens is 316 g/mol. The number of benzene rings is 2. The second-order valence-corrected chi connectivity index (χ2v) is 5.50. The molecular formula is C20H18N2O3. The van der Waals surface area contributed by atoms with Crippen LogP contribution in [0, 0.1) is 0 Å². The first-order chi connectivity index (χ1) is 12.2. The highest BCUT2D eigenvalue weighted by atomic mass is 16.5. The quantitative estimate of drug-likeness (QED) is 0.718. The molecule has 1 amide bonds. The van der Waals surface area contributed by atoms with E-state index in [1.807, 2.05) is 54.6 Å². The lowest BCUT2D eigenvalue weighted by Crippen LogP contribution is -2.13. The van der Waals surface area contributed by atoms with Gasteiger partial charge in [0, 0.05) is 12.3 Å². The summed E-state index contributed by atoms with van der Waals surface area (Å²) in [7, 11) is 0. The van der Waals surface area contributed by atoms with Crippen LogP contribution in [0.1, 0.15) is 11.1 Å². The zero-order chi connectivity index (χ0) is 17.5. The van der Waals surface area contributed by atoms with Crippen molar-refractivity contribution < 1.29 is 14.3 Å². The molecule has 2 aromatic carbocycles. The molecule has 2 N–H and O–H groups in total. The largest absolute Gasteiger partial charge is 0.489 e. The first-order valence-corrected chi connectivity index (χ1v) is 7.87. The fourth-order valence-corrected chi connectivity index (χ4v) is 2.24. The second-order valence-electron chi connectivity index (χ2n) is 5.50. The number of rotatable bonds is 7. The van der Waals surface area contributed by atoms with Crippen molar-refractivity contribution in [3.8, 4) is 17.4 Å². The summed E-state index contributed by atoms with van der Waals surface area (Å²) in [4.78, 5) is 15.0. The van der Waals surface area contributed by atoms with Crippen molar-refractivity contribution >= 4 is 5.91 Å². The van der Waals surface area contributed by atoms with E-state index in [0.717, 1.165) is 16.9 Å². The van der Waals surface area contributed by atoms with Crippen LogP contribution in [-0.2, 0) is 17.8 Å². The number of carbonyl (C=O) groups is 1. The molecule has 0 aliphatic heterocycles. The lowest BCUT2D eigenvalue weighted by Gasteiger charge is -2.08. The minimum absolute atomic E-state index is 0.167. The van der Waals surface area contributed by atoms with Crippen LogP contribution >= 0.6 is 0 Å². The molecule has 0 saturated heterocycles. The van der Waals surface area contributed by atoms with E-state index in [1.54, 1.807) is 18.3 Å². The van der Waals surface area contributed by atoms with Gasteiger partial charge in [-0.2, -0.15) is 0 Å². The highest BCUT2D eigenvalue weighted by Gasteiger charge is 2.03. The van der Waals surface area contributed by atoms with Crippen molar-refractivity contribution in [2.75, 3.05) is 0 Å². The summed E-state index contributed by atoms with van der Waals surface area (Å²) < 4.78 is 11.4. The maximum atomic E-state index is 10.9. The minimum atomic E-state index is -0.387. The first-order valence-electron chi connectivity index (χ1n) is 7.87. The second kappa shape index (κ2) is 7.97. The van der Waals surface area contributed by atoms with Crippen LogP contribution in [0.3, 0.4) is 0 Å². The number of primary amides is 1. The lowest BCUT2D eigenvalue weighted by atomic mass is 10.2. The van der Waals surface area contributed by atoms with Crippen LogP contribution in [0.2, 0.25) is 0 Å². The van der Waals surface area contributed by atoms with E-state index in [9.17, 15) is 4.79 Å². The molecule has 0 saturated carbocycles. The van der Waals surface area contributed by atoms with Crippen molar-refractivity contribution in [2.45, 2.75) is 13.0 Å². The summed E-state index contributed by atoms with van der Waals surface area (Å²) in [5, 5.41) is 0. The highest BCUT2D eigenvalue weighted by Crippen LogP contribution is 2.23. The standard InChI is InChI=1S/C20H18N2O3/c21-19(23)12-16-6-11-20(22-13-16)25-18-9-7-17(8-10-18)24-14-15-4-2-1-3-5-15/h1-11,13H,12,14H2,(H2,21,23). The zero-order valence-corrected chi connectivity index (χ0v) is 13.6. The first kappa shape index (κ1) is 16.5. The van der Waals surface area contributed by atoms with E-state index >= 15 is 0 Å². The molecule has 126 valence electrons. The van der Waals surface area contributed by atoms with E-state index < -0.39 is 0 Å². The van der Waals surface area contributed by atoms with E-state index in [1.165, 1.54) is 0 Å². The van der Waals surface area contributed by atoms with Gasteiger partial charge >= 0.3 is 0 Å². The summed E-state index contributed by atoms with van der Waals surface area (Å²) >= 11 is 0. The summed E-state index contributed by atoms with van der Waals surface area (Å²) in [6.07, 6.45) is 1.75. The Hall–Kier alpha value is -3.34. The molecule has 0 bridgehead atoms. The van der Waals surface area contributed by atoms with Gasteiger partial charge in [-0.3, -0.25) is 4.79 Å². The van der Waals surface area contributed by atoms with E-state index in [-0.39, 0.29) is 12.3 Å². The van der Waals surface area contributed by atoms with Gasteiger partial charge in [0.15, 0.2) is 0 Å². The van der Waals surface area contributed by atoms with Crippen LogP contribution in [0.4, 0.5) is 0 Å². The molecule has 0 unspecified atom stereocenters. The molecule has 0 radical (unpaired) electrons. The molecule has 1 aromatic heterocycles. The van der Waals surface area contributed by atoms with Gasteiger partial charge < -0.3 is 15.2 Å². The number of carbonyl (C=O) groups excluding carboxylic acids is 1. The van der Waals surface area contributed by atoms with Crippen LogP contribution < -0.4 is 15.2 Å². The molecule has 3 rings (SSSR count). The SMILES string of the molecule is NC(=O)Cc1ccc(Oc2ccc(OCc3ccccc3)cc2)nc1. The molecule has 0 fully saturated rings. The third kappa shape index (κ3) is 5.07. The number of hydrogen-bond donors (Lipinski definition) is 1. The molecule has 0 spiro atoms. The molecule has 0 aliphatic carbocycles. The number of ether oxygens (including phenoxy) is 2. The van der Waals surface area contributed by atoms with Gasteiger partial charge in [-0.25, -0.2) is 4.98 Å². The van der Waals surface area contributed by atoms with Gasteiger partial charge in [0.1, 0.15) is 18.1 Å². The molecule has 3 aromatic rings. The van der Waals surface area contributed by atoms with E-state index in [0.29, 0.717) is 18.2 Å². The predicted octanol–water partition coefficient (Wildman–Crippen LogP) is 3.48. The minimum Gasteiger partial charge on any atom is -0.489 e. The Labute approximate surface area is 146 Å². The third-order valence-corrected chi connectivity index (χ3v) is 3.47. The Morgan fingerprint density at radius 2 is 1.60 bits per heavy atom. The Bertz CT molecular complexity index is 816. The highest BCUT2D eigenvalue weighted by molar-refractivity contribution is 5.76. The fraction of sp³-hybridized carbons (Fsp3) is 0.100. The number of pyridine rings is 1. The molecule has 0 atom stereocenters. The Morgan fingerprint density at radius 3 is 2.24 bits per heavy atom. The van der Waals surface area contributed by atoms with Gasteiger partial charge in [0.25, 0.3) is 0 Å². The predicted molar refractivity (Wildman–Crippen MR) is 94.4 cm³/mol. The number of nitrogens with zero attached hydrogens (tertiary/aromatic N) is 1. The van der Waals surface area contributed by atoms with Crippen LogP contribution in [0.15, 0.2) is 72.9 Å². The van der Waals surface area contributed by atoms with Crippen molar-refractivity contribution in [3.63, 3.8) is 0 Å². The van der Waals surface area contributed by atoms with Crippen molar-refractivity contribution in [1.29, 1.82) is 0 Å². The Kier molecular flexibility index (Phi) is 5.26. The van der Waals surface area contributed by atoms with Gasteiger partial charge in [-0.05, 0) is 35.4 Å². The number of hydrogen-bond acceptors (Lipinski definition) is 4. The van der Waals surface area contributed by atoms with E-state index in [2.05, 4.69) is 4.98 Å². The molecule has 5 heteroatoms. The van der Waals surface area contributed by atoms with Crippen LogP contribution in [0.5, 0.6) is 17.4 Å². The normalized spacial score (nSPS) is 10.2. The smallest absolute Gasteiger partial charge is 0.221 e. The molecule has 1 heterocycles. The average molecular weight is 334 g/mol. The van der Waals surface area contributed by atoms with Gasteiger partial charge in [0.2, 0.25) is 11.8 Å². The molecule has 0 aliphatic rings. The summed E-state index contributed by atoms with van der Waals surface area (Å²) in [5.41, 5.74) is 7.02. The number of nitrogens with two attached hydrogens (primary N) is 1. The fourth-order valence-electron chi connectivity index (χ4n) is 2.24. The van der Waals surface area contributed by atoms with Crippen LogP contribution in [-0.4, -0.2) is 10.9 Å². The van der Waals surface area contributed by atoms with Gasteiger partial charge in [-0.1, -0.05) is 36.4 Å². The number of amides is 1. The molecule has 25 heavy (non-hydrogen) atoms. The zero-order valence-electron chi connectivity index (χ0n) is 13.6. The van der Waals surface area contributed by atoms with Crippen molar-refractivity contribution in [1.82, 2.24) is 4.98 Å². The Morgan fingerprint density at radius 1 is 0.880 bits per heavy atom. The van der Waals surface area contributed by atoms with Gasteiger partial charge in [0.05, 0.1) is 6.42 Å². The van der Waals surface area contributed by atoms with Crippen molar-refractivity contribution in [2.24, 2.45) is 5.73 Å². The monoisotopic (exact) mass is 334 g/mol. The summed E-state index contributed by atoms with van der Waals surface area (Å²) in [6.45, 7) is 0.518. The Balaban J connectivity index is 1.56. The van der Waals surface area contributed by atoms with Gasteiger partial charge in [-0.15, -0.1) is 0 Å². The summed E-state index contributed by atoms with van der Waals surface area (Å²) in [6, 6.07) is 20.8. The number of aromatic nitrogens is 1. The average Bonchev–Trinajstić information content (AvgIpc) is 2.63.